The van der Waals surface area contributed by atoms with Crippen molar-refractivity contribution in [2.75, 3.05) is 6.54 Å². The Morgan fingerprint density at radius 2 is 2.21 bits per heavy atom. The van der Waals surface area contributed by atoms with E-state index in [2.05, 4.69) is 27.6 Å². The molecule has 1 aliphatic rings. The summed E-state index contributed by atoms with van der Waals surface area (Å²) in [5.74, 6) is 1.02. The van der Waals surface area contributed by atoms with E-state index in [0.29, 0.717) is 6.04 Å². The average Bonchev–Trinajstić information content (AvgIpc) is 2.95. The number of aromatic nitrogens is 3. The average molecular weight is 277 g/mol. The fourth-order valence-corrected chi connectivity index (χ4v) is 2.85. The van der Waals surface area contributed by atoms with Gasteiger partial charge in [-0.2, -0.15) is 0 Å². The van der Waals surface area contributed by atoms with Crippen LogP contribution in [0.2, 0.25) is 5.02 Å². The molecule has 5 heteroatoms. The zero-order chi connectivity index (χ0) is 13.2. The first-order valence-electron chi connectivity index (χ1n) is 6.56. The van der Waals surface area contributed by atoms with Crippen LogP contribution in [0.4, 0.5) is 0 Å². The van der Waals surface area contributed by atoms with E-state index in [1.165, 1.54) is 11.1 Å². The molecule has 1 heterocycles. The first kappa shape index (κ1) is 12.6. The van der Waals surface area contributed by atoms with Crippen molar-refractivity contribution < 1.29 is 0 Å². The Labute approximate surface area is 117 Å². The summed E-state index contributed by atoms with van der Waals surface area (Å²) in [4.78, 5) is 0. The van der Waals surface area contributed by atoms with Crippen LogP contribution in [0.5, 0.6) is 0 Å². The van der Waals surface area contributed by atoms with Crippen LogP contribution in [0, 0.1) is 0 Å². The van der Waals surface area contributed by atoms with Crippen molar-refractivity contribution in [1.82, 2.24) is 20.1 Å². The van der Waals surface area contributed by atoms with Crippen molar-refractivity contribution in [3.05, 3.63) is 46.5 Å². The standard InChI is InChI=1S/C14H17ClN4/c1-19-9-17-18-14(19)4-5-16-13-7-10-2-3-12(15)6-11(10)8-13/h2-3,6,9,13,16H,4-5,7-8H2,1H3. The summed E-state index contributed by atoms with van der Waals surface area (Å²) in [6.45, 7) is 0.929. The molecule has 1 aliphatic carbocycles. The molecule has 0 fully saturated rings. The normalized spacial score (nSPS) is 17.7. The summed E-state index contributed by atoms with van der Waals surface area (Å²) < 4.78 is 1.96. The maximum atomic E-state index is 6.02. The molecule has 19 heavy (non-hydrogen) atoms. The first-order chi connectivity index (χ1) is 9.22. The summed E-state index contributed by atoms with van der Waals surface area (Å²) in [6, 6.07) is 6.72. The van der Waals surface area contributed by atoms with Crippen molar-refractivity contribution in [1.29, 1.82) is 0 Å². The Hall–Kier alpha value is -1.39. The number of nitrogens with one attached hydrogen (secondary N) is 1. The third kappa shape index (κ3) is 2.80. The molecule has 0 bridgehead atoms. The third-order valence-electron chi connectivity index (χ3n) is 3.69. The summed E-state index contributed by atoms with van der Waals surface area (Å²) in [6.07, 6.45) is 4.80. The van der Waals surface area contributed by atoms with Crippen LogP contribution < -0.4 is 5.32 Å². The van der Waals surface area contributed by atoms with Gasteiger partial charge in [-0.3, -0.25) is 0 Å². The van der Waals surface area contributed by atoms with Gasteiger partial charge in [0.2, 0.25) is 0 Å². The molecule has 0 aliphatic heterocycles. The lowest BCUT2D eigenvalue weighted by Crippen LogP contribution is -2.31. The molecule has 0 saturated carbocycles. The number of aryl methyl sites for hydroxylation is 1. The lowest BCUT2D eigenvalue weighted by atomic mass is 10.1. The van der Waals surface area contributed by atoms with Gasteiger partial charge >= 0.3 is 0 Å². The predicted octanol–water partition coefficient (Wildman–Crippen LogP) is 1.77. The predicted molar refractivity (Wildman–Crippen MR) is 75.4 cm³/mol. The largest absolute Gasteiger partial charge is 0.321 e. The highest BCUT2D eigenvalue weighted by atomic mass is 35.5. The quantitative estimate of drug-likeness (QED) is 0.925. The van der Waals surface area contributed by atoms with E-state index < -0.39 is 0 Å². The molecule has 0 amide bonds. The molecule has 1 N–H and O–H groups in total. The molecular weight excluding hydrogens is 260 g/mol. The maximum absolute atomic E-state index is 6.02. The molecule has 1 unspecified atom stereocenters. The Bertz CT molecular complexity index is 579. The van der Waals surface area contributed by atoms with Crippen LogP contribution in [0.25, 0.3) is 0 Å². The van der Waals surface area contributed by atoms with E-state index in [-0.39, 0.29) is 0 Å². The van der Waals surface area contributed by atoms with Gasteiger partial charge in [-0.1, -0.05) is 17.7 Å². The second-order valence-corrected chi connectivity index (χ2v) is 5.52. The number of hydrogen-bond acceptors (Lipinski definition) is 3. The number of nitrogens with zero attached hydrogens (tertiary/aromatic N) is 3. The molecule has 2 aromatic rings. The molecule has 3 rings (SSSR count). The Morgan fingerprint density at radius 3 is 3.00 bits per heavy atom. The molecule has 1 atom stereocenters. The zero-order valence-corrected chi connectivity index (χ0v) is 11.7. The monoisotopic (exact) mass is 276 g/mol. The Morgan fingerprint density at radius 1 is 1.37 bits per heavy atom. The van der Waals surface area contributed by atoms with Crippen molar-refractivity contribution in [2.45, 2.75) is 25.3 Å². The first-order valence-corrected chi connectivity index (χ1v) is 6.94. The van der Waals surface area contributed by atoms with Gasteiger partial charge in [-0.15, -0.1) is 10.2 Å². The van der Waals surface area contributed by atoms with E-state index in [0.717, 1.165) is 36.7 Å². The molecule has 0 radical (unpaired) electrons. The molecule has 100 valence electrons. The Kier molecular flexibility index (Phi) is 3.53. The van der Waals surface area contributed by atoms with Crippen molar-refractivity contribution in [3.63, 3.8) is 0 Å². The highest BCUT2D eigenvalue weighted by Gasteiger charge is 2.20. The van der Waals surface area contributed by atoms with Gasteiger partial charge in [0.1, 0.15) is 12.2 Å². The van der Waals surface area contributed by atoms with Crippen molar-refractivity contribution in [2.24, 2.45) is 7.05 Å². The SMILES string of the molecule is Cn1cnnc1CCNC1Cc2ccc(Cl)cc2C1. The van der Waals surface area contributed by atoms with E-state index in [9.17, 15) is 0 Å². The van der Waals surface area contributed by atoms with Gasteiger partial charge in [0.25, 0.3) is 0 Å². The topological polar surface area (TPSA) is 42.7 Å². The number of rotatable bonds is 4. The van der Waals surface area contributed by atoms with Crippen molar-refractivity contribution >= 4 is 11.6 Å². The molecule has 0 saturated heterocycles. The van der Waals surface area contributed by atoms with Crippen LogP contribution in [0.15, 0.2) is 24.5 Å². The second kappa shape index (κ2) is 5.31. The third-order valence-corrected chi connectivity index (χ3v) is 3.92. The summed E-state index contributed by atoms with van der Waals surface area (Å²) in [5.41, 5.74) is 2.80. The lowest BCUT2D eigenvalue weighted by Gasteiger charge is -2.11. The van der Waals surface area contributed by atoms with E-state index in [1.807, 2.05) is 17.7 Å². The zero-order valence-electron chi connectivity index (χ0n) is 10.9. The fourth-order valence-electron chi connectivity index (χ4n) is 2.65. The minimum Gasteiger partial charge on any atom is -0.321 e. The summed E-state index contributed by atoms with van der Waals surface area (Å²) >= 11 is 6.02. The maximum Gasteiger partial charge on any atom is 0.133 e. The van der Waals surface area contributed by atoms with Gasteiger partial charge in [-0.05, 0) is 36.1 Å². The number of hydrogen-bond donors (Lipinski definition) is 1. The van der Waals surface area contributed by atoms with Gasteiger partial charge in [0.15, 0.2) is 0 Å². The van der Waals surface area contributed by atoms with E-state index in [4.69, 9.17) is 11.6 Å². The minimum absolute atomic E-state index is 0.515. The number of halogens is 1. The smallest absolute Gasteiger partial charge is 0.133 e. The summed E-state index contributed by atoms with van der Waals surface area (Å²) in [7, 11) is 1.97. The fraction of sp³-hybridized carbons (Fsp3) is 0.429. The van der Waals surface area contributed by atoms with Crippen LogP contribution in [0.1, 0.15) is 17.0 Å². The number of fused-ring (bicyclic) bond motifs is 1. The second-order valence-electron chi connectivity index (χ2n) is 5.08. The molecule has 1 aromatic carbocycles. The highest BCUT2D eigenvalue weighted by molar-refractivity contribution is 6.30. The van der Waals surface area contributed by atoms with Gasteiger partial charge in [-0.25, -0.2) is 0 Å². The van der Waals surface area contributed by atoms with Crippen LogP contribution in [0.3, 0.4) is 0 Å². The summed E-state index contributed by atoms with van der Waals surface area (Å²) in [5, 5.41) is 12.4. The highest BCUT2D eigenvalue weighted by Crippen LogP contribution is 2.25. The minimum atomic E-state index is 0.515. The van der Waals surface area contributed by atoms with Crippen LogP contribution in [-0.4, -0.2) is 27.4 Å². The van der Waals surface area contributed by atoms with Crippen molar-refractivity contribution in [3.8, 4) is 0 Å². The van der Waals surface area contributed by atoms with Gasteiger partial charge in [0.05, 0.1) is 0 Å². The van der Waals surface area contributed by atoms with Gasteiger partial charge in [0, 0.05) is 31.1 Å². The van der Waals surface area contributed by atoms with E-state index >= 15 is 0 Å². The molecule has 0 spiro atoms. The number of benzene rings is 1. The molecular formula is C14H17ClN4. The molecule has 4 nitrogen and oxygen atoms in total. The molecule has 1 aromatic heterocycles. The van der Waals surface area contributed by atoms with E-state index in [1.54, 1.807) is 6.33 Å². The lowest BCUT2D eigenvalue weighted by molar-refractivity contribution is 0.528. The van der Waals surface area contributed by atoms with Crippen LogP contribution in [-0.2, 0) is 26.3 Å². The van der Waals surface area contributed by atoms with Gasteiger partial charge < -0.3 is 9.88 Å². The van der Waals surface area contributed by atoms with Crippen LogP contribution >= 0.6 is 11.6 Å². The Balaban J connectivity index is 1.52.